The third-order valence-electron chi connectivity index (χ3n) is 4.59. The first-order chi connectivity index (χ1) is 12.6. The Morgan fingerprint density at radius 2 is 1.81 bits per heavy atom. The minimum absolute atomic E-state index is 0.0715. The molecule has 1 aromatic heterocycles. The van der Waals surface area contributed by atoms with Crippen molar-refractivity contribution in [2.45, 2.75) is 13.3 Å². The molecule has 0 atom stereocenters. The lowest BCUT2D eigenvalue weighted by Gasteiger charge is -2.12. The summed E-state index contributed by atoms with van der Waals surface area (Å²) in [5, 5.41) is 13.3. The number of carboxylic acid groups (broad SMARTS) is 1. The van der Waals surface area contributed by atoms with Crippen LogP contribution in [-0.2, 0) is 6.42 Å². The molecule has 3 aromatic carbocycles. The summed E-state index contributed by atoms with van der Waals surface area (Å²) >= 11 is 0. The van der Waals surface area contributed by atoms with Crippen molar-refractivity contribution in [3.05, 3.63) is 82.0 Å². The van der Waals surface area contributed by atoms with Gasteiger partial charge in [-0.25, -0.2) is 0 Å². The summed E-state index contributed by atoms with van der Waals surface area (Å²) in [7, 11) is 0. The number of rotatable bonds is 3. The Balaban J connectivity index is 2.05. The van der Waals surface area contributed by atoms with E-state index in [1.54, 1.807) is 24.3 Å². The van der Waals surface area contributed by atoms with Crippen LogP contribution in [0, 0.1) is 0 Å². The highest BCUT2D eigenvalue weighted by molar-refractivity contribution is 6.09. The lowest BCUT2D eigenvalue weighted by molar-refractivity contribution is -0.254. The zero-order valence-corrected chi connectivity index (χ0v) is 14.1. The molecule has 26 heavy (non-hydrogen) atoms. The first-order valence-electron chi connectivity index (χ1n) is 8.38. The van der Waals surface area contributed by atoms with Gasteiger partial charge in [0.15, 0.2) is 5.43 Å². The van der Waals surface area contributed by atoms with Gasteiger partial charge in [-0.1, -0.05) is 49.4 Å². The summed E-state index contributed by atoms with van der Waals surface area (Å²) in [5.74, 6) is -0.926. The highest BCUT2D eigenvalue weighted by Crippen LogP contribution is 2.32. The number of benzene rings is 3. The molecule has 1 heterocycles. The van der Waals surface area contributed by atoms with Crippen molar-refractivity contribution in [2.24, 2.45) is 0 Å². The van der Waals surface area contributed by atoms with Crippen molar-refractivity contribution in [1.29, 1.82) is 0 Å². The van der Waals surface area contributed by atoms with Gasteiger partial charge < -0.3 is 14.3 Å². The van der Waals surface area contributed by atoms with Gasteiger partial charge in [0.1, 0.15) is 11.3 Å². The van der Waals surface area contributed by atoms with Gasteiger partial charge in [0.2, 0.25) is 0 Å². The van der Waals surface area contributed by atoms with Crippen molar-refractivity contribution >= 4 is 27.7 Å². The van der Waals surface area contributed by atoms with Crippen LogP contribution < -0.4 is 10.5 Å². The monoisotopic (exact) mass is 343 g/mol. The van der Waals surface area contributed by atoms with Gasteiger partial charge in [-0.3, -0.25) is 4.79 Å². The van der Waals surface area contributed by atoms with Gasteiger partial charge in [0.25, 0.3) is 0 Å². The van der Waals surface area contributed by atoms with Gasteiger partial charge >= 0.3 is 0 Å². The summed E-state index contributed by atoms with van der Waals surface area (Å²) in [6.45, 7) is 2.02. The van der Waals surface area contributed by atoms with Crippen LogP contribution in [0.4, 0.5) is 0 Å². The molecule has 0 spiro atoms. The van der Waals surface area contributed by atoms with E-state index in [2.05, 4.69) is 0 Å². The van der Waals surface area contributed by atoms with Gasteiger partial charge in [-0.15, -0.1) is 0 Å². The fraction of sp³-hybridized carbons (Fsp3) is 0.0909. The molecule has 0 aliphatic rings. The number of carboxylic acids is 1. The number of carbonyl (C=O) groups is 1. The average molecular weight is 343 g/mol. The van der Waals surface area contributed by atoms with Crippen molar-refractivity contribution in [3.63, 3.8) is 0 Å². The molecular formula is C22H15O4-. The van der Waals surface area contributed by atoms with Crippen LogP contribution in [-0.4, -0.2) is 5.97 Å². The Labute approximate surface area is 149 Å². The molecule has 0 amide bonds. The molecule has 0 saturated heterocycles. The Hall–Kier alpha value is -3.40. The summed E-state index contributed by atoms with van der Waals surface area (Å²) in [5.41, 5.74) is 2.01. The fourth-order valence-electron chi connectivity index (χ4n) is 3.27. The third kappa shape index (κ3) is 2.56. The Morgan fingerprint density at radius 3 is 2.54 bits per heavy atom. The predicted molar refractivity (Wildman–Crippen MR) is 99.1 cm³/mol. The topological polar surface area (TPSA) is 70.3 Å². The number of aromatic carboxylic acids is 1. The summed E-state index contributed by atoms with van der Waals surface area (Å²) in [6, 6.07) is 17.3. The lowest BCUT2D eigenvalue weighted by atomic mass is 9.97. The maximum Gasteiger partial charge on any atom is 0.193 e. The Bertz CT molecular complexity index is 1210. The van der Waals surface area contributed by atoms with Gasteiger partial charge in [0.05, 0.1) is 11.4 Å². The quantitative estimate of drug-likeness (QED) is 0.570. The normalized spacial score (nSPS) is 11.1. The Kier molecular flexibility index (Phi) is 3.81. The molecule has 4 nitrogen and oxygen atoms in total. The average Bonchev–Trinajstić information content (AvgIpc) is 2.66. The van der Waals surface area contributed by atoms with E-state index in [0.29, 0.717) is 27.7 Å². The third-order valence-corrected chi connectivity index (χ3v) is 4.59. The Morgan fingerprint density at radius 1 is 1.04 bits per heavy atom. The van der Waals surface area contributed by atoms with Crippen LogP contribution in [0.5, 0.6) is 0 Å². The smallest absolute Gasteiger partial charge is 0.193 e. The van der Waals surface area contributed by atoms with Gasteiger partial charge in [-0.2, -0.15) is 0 Å². The maximum atomic E-state index is 12.6. The van der Waals surface area contributed by atoms with Gasteiger partial charge in [-0.05, 0) is 29.5 Å². The molecule has 0 saturated carbocycles. The second-order valence-electron chi connectivity index (χ2n) is 6.16. The first-order valence-corrected chi connectivity index (χ1v) is 8.38. The minimum Gasteiger partial charge on any atom is -0.545 e. The molecule has 0 N–H and O–H groups in total. The number of hydrogen-bond donors (Lipinski definition) is 0. The largest absolute Gasteiger partial charge is 0.545 e. The second-order valence-corrected chi connectivity index (χ2v) is 6.16. The summed E-state index contributed by atoms with van der Waals surface area (Å²) in [6.07, 6.45) is 0.829. The lowest BCUT2D eigenvalue weighted by Crippen LogP contribution is -2.22. The van der Waals surface area contributed by atoms with E-state index in [1.807, 2.05) is 31.2 Å². The van der Waals surface area contributed by atoms with E-state index < -0.39 is 5.97 Å². The number of aryl methyl sites for hydroxylation is 1. The second kappa shape index (κ2) is 6.15. The highest BCUT2D eigenvalue weighted by Gasteiger charge is 2.13. The molecule has 4 aromatic rings. The van der Waals surface area contributed by atoms with Crippen LogP contribution in [0.15, 0.2) is 69.9 Å². The number of hydrogen-bond acceptors (Lipinski definition) is 4. The van der Waals surface area contributed by atoms with Crippen LogP contribution in [0.2, 0.25) is 0 Å². The molecule has 4 rings (SSSR count). The molecule has 4 heteroatoms. The van der Waals surface area contributed by atoms with E-state index in [0.717, 1.165) is 17.4 Å². The van der Waals surface area contributed by atoms with E-state index in [9.17, 15) is 14.7 Å². The van der Waals surface area contributed by atoms with E-state index >= 15 is 0 Å². The van der Waals surface area contributed by atoms with E-state index in [1.165, 1.54) is 12.1 Å². The minimum atomic E-state index is -1.27. The molecule has 0 radical (unpaired) electrons. The number of carbonyl (C=O) groups excluding carboxylic acids is 1. The molecule has 0 unspecified atom stereocenters. The van der Waals surface area contributed by atoms with Crippen LogP contribution >= 0.6 is 0 Å². The van der Waals surface area contributed by atoms with Crippen LogP contribution in [0.25, 0.3) is 33.1 Å². The zero-order valence-electron chi connectivity index (χ0n) is 14.1. The predicted octanol–water partition coefficient (Wildman–Crippen LogP) is 3.54. The first kappa shape index (κ1) is 16.1. The highest BCUT2D eigenvalue weighted by atomic mass is 16.4. The summed E-state index contributed by atoms with van der Waals surface area (Å²) < 4.78 is 5.96. The molecule has 0 aliphatic carbocycles. The van der Waals surface area contributed by atoms with Crippen molar-refractivity contribution < 1.29 is 14.3 Å². The SMILES string of the molecule is CCc1ccc2oc(-c3cccc4cccc(C(=O)[O-])c34)cc(=O)c2c1. The molecule has 0 bridgehead atoms. The fourth-order valence-corrected chi connectivity index (χ4v) is 3.27. The van der Waals surface area contributed by atoms with Crippen LogP contribution in [0.3, 0.4) is 0 Å². The molecule has 128 valence electrons. The molecule has 0 fully saturated rings. The molecular weight excluding hydrogens is 328 g/mol. The number of fused-ring (bicyclic) bond motifs is 2. The van der Waals surface area contributed by atoms with Crippen molar-refractivity contribution in [3.8, 4) is 11.3 Å². The van der Waals surface area contributed by atoms with Gasteiger partial charge in [0, 0.05) is 22.6 Å². The van der Waals surface area contributed by atoms with E-state index in [4.69, 9.17) is 4.42 Å². The van der Waals surface area contributed by atoms with Crippen molar-refractivity contribution in [2.75, 3.05) is 0 Å². The zero-order chi connectivity index (χ0) is 18.3. The molecule has 0 aliphatic heterocycles. The van der Waals surface area contributed by atoms with Crippen molar-refractivity contribution in [1.82, 2.24) is 0 Å². The van der Waals surface area contributed by atoms with E-state index in [-0.39, 0.29) is 11.0 Å². The van der Waals surface area contributed by atoms with Crippen LogP contribution in [0.1, 0.15) is 22.8 Å². The maximum absolute atomic E-state index is 12.6. The standard InChI is InChI=1S/C22H16O4/c1-2-13-9-10-19-17(11-13)18(23)12-20(26-19)15-7-3-5-14-6-4-8-16(21(14)15)22(24)25/h3-12H,2H2,1H3,(H,24,25)/p-1. The summed E-state index contributed by atoms with van der Waals surface area (Å²) in [4.78, 5) is 24.2.